The first-order valence-electron chi connectivity index (χ1n) is 17.9. The van der Waals surface area contributed by atoms with Crippen molar-refractivity contribution >= 4 is 29.5 Å². The second-order valence-electron chi connectivity index (χ2n) is 12.7. The predicted octanol–water partition coefficient (Wildman–Crippen LogP) is 8.89. The van der Waals surface area contributed by atoms with Gasteiger partial charge in [-0.1, -0.05) is 116 Å². The number of rotatable bonds is 35. The average Bonchev–Trinajstić information content (AvgIpc) is 2.97. The minimum Gasteiger partial charge on any atom is -0.481 e. The lowest BCUT2D eigenvalue weighted by molar-refractivity contribution is -0.138. The summed E-state index contributed by atoms with van der Waals surface area (Å²) in [5.74, 6) is 1.37. The van der Waals surface area contributed by atoms with E-state index in [9.17, 15) is 14.4 Å². The number of carbonyl (C=O) groups is 3. The molecule has 0 saturated heterocycles. The van der Waals surface area contributed by atoms with E-state index in [0.717, 1.165) is 69.3 Å². The minimum atomic E-state index is -0.684. The predicted molar refractivity (Wildman–Crippen MR) is 183 cm³/mol. The molecule has 0 aromatic rings. The Kier molecular flexibility index (Phi) is 31.4. The number of unbranched alkanes of at least 4 members (excludes halogenated alkanes) is 19. The van der Waals surface area contributed by atoms with Crippen LogP contribution in [0.4, 0.5) is 0 Å². The maximum atomic E-state index is 12.4. The van der Waals surface area contributed by atoms with E-state index in [4.69, 9.17) is 21.7 Å². The smallest absolute Gasteiger partial charge is 0.303 e. The molecule has 254 valence electrons. The summed E-state index contributed by atoms with van der Waals surface area (Å²) < 4.78 is 0. The van der Waals surface area contributed by atoms with Gasteiger partial charge in [0, 0.05) is 25.0 Å². The Morgan fingerprint density at radius 2 is 0.837 bits per heavy atom. The van der Waals surface area contributed by atoms with Crippen LogP contribution in [0.25, 0.3) is 0 Å². The van der Waals surface area contributed by atoms with Crippen LogP contribution in [0.3, 0.4) is 0 Å². The molecule has 0 saturated carbocycles. The fourth-order valence-corrected chi connectivity index (χ4v) is 6.88. The molecule has 7 nitrogen and oxygen atoms in total. The Bertz CT molecular complexity index is 664. The standard InChI is InChI=1S/C35H68N2O5S/c36-28-22-16-19-25-33(38)32(37)30-43-29-31(24-18-13-9-5-3-7-11-15-21-27-35(41)42)23-17-12-8-4-1-2-6-10-14-20-26-34(39)40/h31-32H,1-30,36-37H2,(H,39,40)(H,41,42)/t31-,32+/m1/s1. The van der Waals surface area contributed by atoms with Crippen molar-refractivity contribution in [3.8, 4) is 0 Å². The second-order valence-corrected chi connectivity index (χ2v) is 13.7. The van der Waals surface area contributed by atoms with E-state index in [1.165, 1.54) is 96.3 Å². The molecule has 0 bridgehead atoms. The lowest BCUT2D eigenvalue weighted by Crippen LogP contribution is -2.33. The molecule has 0 heterocycles. The number of carbonyl (C=O) groups excluding carboxylic acids is 1. The largest absolute Gasteiger partial charge is 0.481 e. The maximum absolute atomic E-state index is 12.4. The zero-order valence-corrected chi connectivity index (χ0v) is 28.4. The molecule has 0 rings (SSSR count). The third-order valence-electron chi connectivity index (χ3n) is 8.45. The average molecular weight is 629 g/mol. The van der Waals surface area contributed by atoms with Crippen molar-refractivity contribution in [2.24, 2.45) is 17.4 Å². The van der Waals surface area contributed by atoms with E-state index >= 15 is 0 Å². The van der Waals surface area contributed by atoms with Crippen molar-refractivity contribution < 1.29 is 24.6 Å². The van der Waals surface area contributed by atoms with E-state index < -0.39 is 11.9 Å². The maximum Gasteiger partial charge on any atom is 0.303 e. The van der Waals surface area contributed by atoms with Crippen molar-refractivity contribution in [1.82, 2.24) is 0 Å². The molecule has 0 unspecified atom stereocenters. The van der Waals surface area contributed by atoms with E-state index in [2.05, 4.69) is 0 Å². The SMILES string of the molecule is NCCCCCC(=O)[C@@H](N)CSC[C@H](CCCCCCCCCCCCC(=O)O)CCCCCCCCCCCC(=O)O. The van der Waals surface area contributed by atoms with E-state index in [-0.39, 0.29) is 11.8 Å². The number of Topliss-reactive ketones (excluding diaryl/α,β-unsaturated/α-hetero) is 1. The molecule has 8 heteroatoms. The normalized spacial score (nSPS) is 12.8. The molecule has 2 atom stereocenters. The van der Waals surface area contributed by atoms with Crippen molar-refractivity contribution in [3.05, 3.63) is 0 Å². The third-order valence-corrected chi connectivity index (χ3v) is 9.75. The number of carboxylic acid groups (broad SMARTS) is 2. The van der Waals surface area contributed by atoms with Gasteiger partial charge in [-0.25, -0.2) is 0 Å². The number of thioether (sulfide) groups is 1. The van der Waals surface area contributed by atoms with Crippen LogP contribution < -0.4 is 11.5 Å². The Hall–Kier alpha value is -1.12. The van der Waals surface area contributed by atoms with Crippen LogP contribution in [0.2, 0.25) is 0 Å². The summed E-state index contributed by atoms with van der Waals surface area (Å²) in [5.41, 5.74) is 11.8. The fraction of sp³-hybridized carbons (Fsp3) is 0.914. The molecule has 0 amide bonds. The Balaban J connectivity index is 4.13. The van der Waals surface area contributed by atoms with Crippen LogP contribution in [0.5, 0.6) is 0 Å². The van der Waals surface area contributed by atoms with E-state index in [1.54, 1.807) is 0 Å². The number of hydrogen-bond donors (Lipinski definition) is 4. The minimum absolute atomic E-state index is 0.197. The van der Waals surface area contributed by atoms with Crippen LogP contribution in [0, 0.1) is 5.92 Å². The van der Waals surface area contributed by atoms with Crippen LogP contribution in [0.15, 0.2) is 0 Å². The van der Waals surface area contributed by atoms with Crippen molar-refractivity contribution in [3.63, 3.8) is 0 Å². The van der Waals surface area contributed by atoms with Gasteiger partial charge >= 0.3 is 11.9 Å². The second kappa shape index (κ2) is 32.3. The Labute approximate surface area is 268 Å². The summed E-state index contributed by atoms with van der Waals surface area (Å²) in [6, 6.07) is -0.343. The first-order chi connectivity index (χ1) is 20.9. The van der Waals surface area contributed by atoms with E-state index in [1.807, 2.05) is 11.8 Å². The van der Waals surface area contributed by atoms with Crippen LogP contribution >= 0.6 is 11.8 Å². The molecule has 0 aromatic heterocycles. The van der Waals surface area contributed by atoms with Gasteiger partial charge in [-0.3, -0.25) is 14.4 Å². The molecular formula is C35H68N2O5S. The van der Waals surface area contributed by atoms with E-state index in [0.29, 0.717) is 31.7 Å². The molecule has 0 radical (unpaired) electrons. The first kappa shape index (κ1) is 41.9. The topological polar surface area (TPSA) is 144 Å². The van der Waals surface area contributed by atoms with Crippen molar-refractivity contribution in [1.29, 1.82) is 0 Å². The molecule has 0 aliphatic carbocycles. The van der Waals surface area contributed by atoms with Crippen molar-refractivity contribution in [2.45, 2.75) is 179 Å². The molecule has 6 N–H and O–H groups in total. The van der Waals surface area contributed by atoms with Gasteiger partial charge in [0.2, 0.25) is 0 Å². The molecule has 0 fully saturated rings. The highest BCUT2D eigenvalue weighted by molar-refractivity contribution is 7.99. The zero-order valence-electron chi connectivity index (χ0n) is 27.6. The highest BCUT2D eigenvalue weighted by Gasteiger charge is 2.15. The third kappa shape index (κ3) is 32.1. The number of carboxylic acids is 2. The highest BCUT2D eigenvalue weighted by Crippen LogP contribution is 2.24. The summed E-state index contributed by atoms with van der Waals surface area (Å²) in [6.45, 7) is 0.686. The number of nitrogens with two attached hydrogens (primary N) is 2. The molecule has 0 spiro atoms. The van der Waals surface area contributed by atoms with Gasteiger partial charge in [-0.15, -0.1) is 0 Å². The van der Waals surface area contributed by atoms with Gasteiger partial charge < -0.3 is 21.7 Å². The quantitative estimate of drug-likeness (QED) is 0.0509. The van der Waals surface area contributed by atoms with Gasteiger partial charge in [-0.05, 0) is 56.7 Å². The fourth-order valence-electron chi connectivity index (χ4n) is 5.64. The summed E-state index contributed by atoms with van der Waals surface area (Å²) >= 11 is 1.87. The van der Waals surface area contributed by atoms with Gasteiger partial charge in [0.1, 0.15) is 5.78 Å². The Morgan fingerprint density at radius 3 is 1.23 bits per heavy atom. The van der Waals surface area contributed by atoms with Gasteiger partial charge in [-0.2, -0.15) is 11.8 Å². The summed E-state index contributed by atoms with van der Waals surface area (Å²) in [4.78, 5) is 33.5. The lowest BCUT2D eigenvalue weighted by Gasteiger charge is -2.18. The Morgan fingerprint density at radius 1 is 0.488 bits per heavy atom. The highest BCUT2D eigenvalue weighted by atomic mass is 32.2. The van der Waals surface area contributed by atoms with Crippen LogP contribution in [0.1, 0.15) is 173 Å². The van der Waals surface area contributed by atoms with Crippen molar-refractivity contribution in [2.75, 3.05) is 18.1 Å². The molecule has 0 aliphatic heterocycles. The van der Waals surface area contributed by atoms with Crippen LogP contribution in [-0.4, -0.2) is 52.0 Å². The number of hydrogen-bond acceptors (Lipinski definition) is 6. The van der Waals surface area contributed by atoms with Gasteiger partial charge in [0.15, 0.2) is 0 Å². The molecule has 0 aliphatic rings. The summed E-state index contributed by atoms with van der Waals surface area (Å²) in [5, 5.41) is 17.4. The zero-order chi connectivity index (χ0) is 31.8. The lowest BCUT2D eigenvalue weighted by atomic mass is 9.95. The number of ketones is 1. The van der Waals surface area contributed by atoms with Gasteiger partial charge in [0.05, 0.1) is 6.04 Å². The van der Waals surface area contributed by atoms with Crippen LogP contribution in [-0.2, 0) is 14.4 Å². The molecule has 0 aromatic carbocycles. The first-order valence-corrected chi connectivity index (χ1v) is 19.0. The summed E-state index contributed by atoms with van der Waals surface area (Å²) in [6.07, 6.45) is 29.2. The number of aliphatic carboxylic acids is 2. The monoisotopic (exact) mass is 628 g/mol. The van der Waals surface area contributed by atoms with Gasteiger partial charge in [0.25, 0.3) is 0 Å². The summed E-state index contributed by atoms with van der Waals surface area (Å²) in [7, 11) is 0. The molecule has 43 heavy (non-hydrogen) atoms. The molecular weight excluding hydrogens is 560 g/mol.